The van der Waals surface area contributed by atoms with Gasteiger partial charge in [-0.15, -0.1) is 0 Å². The molecule has 0 bridgehead atoms. The molecule has 0 saturated heterocycles. The number of carbonyl (C=O) groups excluding carboxylic acids is 2. The van der Waals surface area contributed by atoms with Crippen LogP contribution in [-0.4, -0.2) is 98.3 Å². The lowest BCUT2D eigenvalue weighted by molar-refractivity contribution is -0.220. The number of esters is 2. The molecule has 1 aliphatic carbocycles. The molecule has 1 saturated carbocycles. The maximum Gasteiger partial charge on any atom is 0.472 e. The van der Waals surface area contributed by atoms with E-state index in [0.717, 1.165) is 70.6 Å². The summed E-state index contributed by atoms with van der Waals surface area (Å²) in [5, 5.41) is 50.2. The topological polar surface area (TPSA) is 210 Å². The molecule has 0 amide bonds. The molecule has 0 aromatic carbocycles. The molecule has 364 valence electrons. The first-order valence-electron chi connectivity index (χ1n) is 24.1. The Labute approximate surface area is 379 Å². The van der Waals surface area contributed by atoms with Crippen molar-refractivity contribution in [2.24, 2.45) is 0 Å². The summed E-state index contributed by atoms with van der Waals surface area (Å²) in [7, 11) is -5.13. The van der Waals surface area contributed by atoms with Crippen LogP contribution in [0.1, 0.15) is 181 Å². The van der Waals surface area contributed by atoms with Crippen molar-refractivity contribution >= 4 is 19.8 Å². The highest BCUT2D eigenvalue weighted by Crippen LogP contribution is 2.47. The molecular formula is C49H85O13P. The Bertz CT molecular complexity index is 1330. The van der Waals surface area contributed by atoms with Crippen molar-refractivity contribution in [1.82, 2.24) is 0 Å². The Hall–Kier alpha value is -2.45. The first-order chi connectivity index (χ1) is 30.4. The number of phosphoric acid groups is 1. The molecule has 8 atom stereocenters. The summed E-state index contributed by atoms with van der Waals surface area (Å²) < 4.78 is 33.5. The third-order valence-electron chi connectivity index (χ3n) is 10.8. The van der Waals surface area contributed by atoms with Crippen molar-refractivity contribution in [3.63, 3.8) is 0 Å². The molecule has 0 heterocycles. The van der Waals surface area contributed by atoms with Crippen LogP contribution in [0.3, 0.4) is 0 Å². The summed E-state index contributed by atoms with van der Waals surface area (Å²) in [6, 6.07) is 0. The van der Waals surface area contributed by atoms with Gasteiger partial charge in [-0.1, -0.05) is 145 Å². The molecule has 13 nitrogen and oxygen atoms in total. The molecule has 1 rings (SSSR count). The van der Waals surface area contributed by atoms with Gasteiger partial charge in [-0.25, -0.2) is 4.57 Å². The van der Waals surface area contributed by atoms with Gasteiger partial charge in [0.2, 0.25) is 0 Å². The molecule has 14 heteroatoms. The Morgan fingerprint density at radius 2 is 0.857 bits per heavy atom. The Morgan fingerprint density at radius 1 is 0.492 bits per heavy atom. The molecule has 6 N–H and O–H groups in total. The van der Waals surface area contributed by atoms with E-state index in [0.29, 0.717) is 12.8 Å². The van der Waals surface area contributed by atoms with E-state index in [1.165, 1.54) is 70.6 Å². The van der Waals surface area contributed by atoms with E-state index in [-0.39, 0.29) is 12.8 Å². The number of aliphatic hydroxyl groups is 5. The van der Waals surface area contributed by atoms with Gasteiger partial charge in [-0.3, -0.25) is 18.6 Å². The maximum atomic E-state index is 12.8. The lowest BCUT2D eigenvalue weighted by atomic mass is 9.85. The van der Waals surface area contributed by atoms with Crippen LogP contribution in [0, 0.1) is 0 Å². The van der Waals surface area contributed by atoms with Crippen molar-refractivity contribution in [2.45, 2.75) is 224 Å². The number of unbranched alkanes of at least 4 members (excludes halogenated alkanes) is 17. The van der Waals surface area contributed by atoms with Crippen molar-refractivity contribution in [1.29, 1.82) is 0 Å². The van der Waals surface area contributed by atoms with Crippen molar-refractivity contribution in [3.05, 3.63) is 60.8 Å². The summed E-state index contributed by atoms with van der Waals surface area (Å²) in [5.41, 5.74) is 0. The summed E-state index contributed by atoms with van der Waals surface area (Å²) in [6.45, 7) is 3.21. The van der Waals surface area contributed by atoms with E-state index in [4.69, 9.17) is 18.5 Å². The highest BCUT2D eigenvalue weighted by molar-refractivity contribution is 7.47. The van der Waals surface area contributed by atoms with Crippen molar-refractivity contribution < 1.29 is 63.1 Å². The SMILES string of the molecule is CCCCC/C=C/C/C=C/C/C=C/CCCCC(=O)OC[C@H](COP(=O)(O)OC1C(O)C(O)C(O)[C@@H](O)C1O)OC(=O)CCCCCCCCCCC/C=C/C/C=C/CCCCC. The second kappa shape index (κ2) is 38.8. The quantitative estimate of drug-likeness (QED) is 0.0147. The fourth-order valence-electron chi connectivity index (χ4n) is 6.91. The second-order valence-electron chi connectivity index (χ2n) is 16.6. The van der Waals surface area contributed by atoms with Crippen LogP contribution < -0.4 is 0 Å². The van der Waals surface area contributed by atoms with Crippen LogP contribution >= 0.6 is 7.82 Å². The smallest absolute Gasteiger partial charge is 0.462 e. The zero-order valence-electron chi connectivity index (χ0n) is 38.6. The van der Waals surface area contributed by atoms with Gasteiger partial charge in [-0.05, 0) is 83.5 Å². The third kappa shape index (κ3) is 31.2. The number of rotatable bonds is 39. The van der Waals surface area contributed by atoms with Crippen LogP contribution in [0.25, 0.3) is 0 Å². The third-order valence-corrected chi connectivity index (χ3v) is 11.8. The number of aliphatic hydroxyl groups excluding tert-OH is 5. The van der Waals surface area contributed by atoms with Gasteiger partial charge in [0.15, 0.2) is 6.10 Å². The lowest BCUT2D eigenvalue weighted by Crippen LogP contribution is -2.64. The predicted octanol–water partition coefficient (Wildman–Crippen LogP) is 9.73. The van der Waals surface area contributed by atoms with Gasteiger partial charge in [-0.2, -0.15) is 0 Å². The predicted molar refractivity (Wildman–Crippen MR) is 249 cm³/mol. The molecule has 0 aliphatic heterocycles. The van der Waals surface area contributed by atoms with Gasteiger partial charge >= 0.3 is 19.8 Å². The molecular weight excluding hydrogens is 827 g/mol. The molecule has 1 aliphatic rings. The normalized spacial score (nSPS) is 22.2. The van der Waals surface area contributed by atoms with E-state index >= 15 is 0 Å². The van der Waals surface area contributed by atoms with Gasteiger partial charge in [0.05, 0.1) is 6.61 Å². The summed E-state index contributed by atoms with van der Waals surface area (Å²) >= 11 is 0. The van der Waals surface area contributed by atoms with E-state index in [1.807, 2.05) is 0 Å². The minimum absolute atomic E-state index is 0.0813. The summed E-state index contributed by atoms with van der Waals surface area (Å²) in [4.78, 5) is 35.7. The first kappa shape index (κ1) is 58.6. The van der Waals surface area contributed by atoms with E-state index in [9.17, 15) is 44.6 Å². The second-order valence-corrected chi connectivity index (χ2v) is 18.0. The maximum absolute atomic E-state index is 12.8. The first-order valence-corrected chi connectivity index (χ1v) is 25.6. The largest absolute Gasteiger partial charge is 0.472 e. The van der Waals surface area contributed by atoms with Gasteiger partial charge < -0.3 is 39.9 Å². The number of hydrogen-bond acceptors (Lipinski definition) is 12. The van der Waals surface area contributed by atoms with Crippen LogP contribution in [0.5, 0.6) is 0 Å². The number of ether oxygens (including phenoxy) is 2. The summed E-state index contributed by atoms with van der Waals surface area (Å²) in [5.74, 6) is -1.15. The average Bonchev–Trinajstić information content (AvgIpc) is 3.26. The van der Waals surface area contributed by atoms with Crippen LogP contribution in [0.4, 0.5) is 0 Å². The number of phosphoric ester groups is 1. The van der Waals surface area contributed by atoms with Crippen LogP contribution in [-0.2, 0) is 32.7 Å². The Morgan fingerprint density at radius 3 is 1.33 bits per heavy atom. The Kier molecular flexibility index (Phi) is 36.1. The Balaban J connectivity index is 2.46. The van der Waals surface area contributed by atoms with Gasteiger partial charge in [0, 0.05) is 12.8 Å². The fourth-order valence-corrected chi connectivity index (χ4v) is 7.88. The minimum atomic E-state index is -5.13. The molecule has 0 spiro atoms. The standard InChI is InChI=1S/C49H85O13P/c1-3-5-7-9-11-13-15-17-19-20-21-22-24-26-28-30-32-34-36-38-43(51)61-41(40-60-63(57,58)62-49-47(55)45(53)44(52)46(54)48(49)56)39-59-42(50)37-35-33-31-29-27-25-23-18-16-14-12-10-8-6-4-2/h11-14,17-19,23,27,29,41,44-49,52-56H,3-10,15-16,20-22,24-26,28,30-40H2,1-2H3,(H,57,58)/b13-11+,14-12+,19-17+,23-18+,29-27+/t41-,44?,45-,46?,47?,48?,49?/m1/s1. The van der Waals surface area contributed by atoms with Crippen molar-refractivity contribution in [2.75, 3.05) is 13.2 Å². The zero-order chi connectivity index (χ0) is 46.4. The van der Waals surface area contributed by atoms with Gasteiger partial charge in [0.25, 0.3) is 0 Å². The highest BCUT2D eigenvalue weighted by Gasteiger charge is 2.51. The number of allylic oxidation sites excluding steroid dienone is 10. The molecule has 0 radical (unpaired) electrons. The molecule has 63 heavy (non-hydrogen) atoms. The van der Waals surface area contributed by atoms with Gasteiger partial charge in [0.1, 0.15) is 43.2 Å². The van der Waals surface area contributed by atoms with E-state index < -0.39 is 75.7 Å². The van der Waals surface area contributed by atoms with Crippen molar-refractivity contribution in [3.8, 4) is 0 Å². The average molecular weight is 913 g/mol. The fraction of sp³-hybridized carbons (Fsp3) is 0.755. The molecule has 6 unspecified atom stereocenters. The van der Waals surface area contributed by atoms with E-state index in [1.54, 1.807) is 0 Å². The minimum Gasteiger partial charge on any atom is -0.462 e. The lowest BCUT2D eigenvalue weighted by Gasteiger charge is -2.41. The van der Waals surface area contributed by atoms with Crippen LogP contribution in [0.2, 0.25) is 0 Å². The highest BCUT2D eigenvalue weighted by atomic mass is 31.2. The number of carbonyl (C=O) groups is 2. The number of hydrogen-bond donors (Lipinski definition) is 6. The molecule has 1 fully saturated rings. The zero-order valence-corrected chi connectivity index (χ0v) is 39.5. The summed E-state index contributed by atoms with van der Waals surface area (Å²) in [6.07, 6.45) is 34.1. The van der Waals surface area contributed by atoms with E-state index in [2.05, 4.69) is 74.6 Å². The molecule has 0 aromatic heterocycles. The monoisotopic (exact) mass is 913 g/mol. The molecule has 0 aromatic rings. The van der Waals surface area contributed by atoms with Crippen LogP contribution in [0.15, 0.2) is 60.8 Å².